The first-order valence-electron chi connectivity index (χ1n) is 10.4. The molecule has 0 saturated heterocycles. The molecule has 1 radical (unpaired) electrons. The molecule has 2 aromatic carbocycles. The summed E-state index contributed by atoms with van der Waals surface area (Å²) in [5.41, 5.74) is 4.24. The summed E-state index contributed by atoms with van der Waals surface area (Å²) in [6.07, 6.45) is 1.86. The molecule has 0 saturated carbocycles. The maximum atomic E-state index is 4.70. The number of aromatic nitrogens is 5. The Morgan fingerprint density at radius 2 is 1.58 bits per heavy atom. The van der Waals surface area contributed by atoms with Gasteiger partial charge in [-0.25, -0.2) is 0 Å². The van der Waals surface area contributed by atoms with Crippen molar-refractivity contribution >= 4 is 37.6 Å². The molecule has 5 nitrogen and oxygen atoms in total. The molecule has 4 rings (SSSR count). The molecule has 0 unspecified atom stereocenters. The maximum Gasteiger partial charge on any atom is 0.114 e. The van der Waals surface area contributed by atoms with Gasteiger partial charge in [-0.2, -0.15) is 5.10 Å². The van der Waals surface area contributed by atoms with Crippen molar-refractivity contribution in [3.63, 3.8) is 0 Å². The molecule has 0 amide bonds. The third-order valence-electron chi connectivity index (χ3n) is 5.72. The summed E-state index contributed by atoms with van der Waals surface area (Å²) in [6.45, 7) is 16.4. The van der Waals surface area contributed by atoms with E-state index in [-0.39, 0.29) is 20.1 Å². The molecular weight excluding hydrogens is 595 g/mol. The van der Waals surface area contributed by atoms with Crippen molar-refractivity contribution in [3.05, 3.63) is 48.5 Å². The molecule has 2 heterocycles. The number of benzene rings is 2. The Morgan fingerprint density at radius 1 is 0.968 bits per heavy atom. The first-order valence-corrected chi connectivity index (χ1v) is 17.4. The third kappa shape index (κ3) is 4.26. The van der Waals surface area contributed by atoms with Crippen LogP contribution in [0.3, 0.4) is 0 Å². The number of aryl methyl sites for hydroxylation is 2. The number of imidazole rings is 1. The average molecular weight is 625 g/mol. The Bertz CT molecular complexity index is 1210. The Hall–Kier alpha value is -1.87. The van der Waals surface area contributed by atoms with E-state index in [4.69, 9.17) is 4.98 Å². The third-order valence-corrected chi connectivity index (χ3v) is 9.76. The molecule has 4 aromatic rings. The van der Waals surface area contributed by atoms with Crippen LogP contribution in [0.25, 0.3) is 28.1 Å². The summed E-state index contributed by atoms with van der Waals surface area (Å²) in [4.78, 5) is 4.70. The van der Waals surface area contributed by atoms with Crippen molar-refractivity contribution in [3.8, 4) is 17.1 Å². The number of hydrogen-bond acceptors (Lipinski definition) is 3. The Kier molecular flexibility index (Phi) is 6.32. The molecular formula is C23H30IrN5Si2-. The van der Waals surface area contributed by atoms with Crippen LogP contribution in [0, 0.1) is 13.0 Å². The summed E-state index contributed by atoms with van der Waals surface area (Å²) in [6, 6.07) is 14.3. The van der Waals surface area contributed by atoms with E-state index >= 15 is 0 Å². The van der Waals surface area contributed by atoms with Gasteiger partial charge < -0.3 is 9.13 Å². The van der Waals surface area contributed by atoms with Gasteiger partial charge in [0.15, 0.2) is 0 Å². The van der Waals surface area contributed by atoms with Crippen molar-refractivity contribution in [1.29, 1.82) is 0 Å². The van der Waals surface area contributed by atoms with E-state index in [1.807, 2.05) is 26.4 Å². The minimum atomic E-state index is -1.60. The van der Waals surface area contributed by atoms with Crippen molar-refractivity contribution in [2.24, 2.45) is 7.05 Å². The summed E-state index contributed by atoms with van der Waals surface area (Å²) in [7, 11) is -1.16. The number of hydrogen-bond donors (Lipinski definition) is 0. The van der Waals surface area contributed by atoms with Gasteiger partial charge in [0.2, 0.25) is 0 Å². The van der Waals surface area contributed by atoms with Gasteiger partial charge in [0.25, 0.3) is 0 Å². The van der Waals surface area contributed by atoms with Gasteiger partial charge in [-0.05, 0) is 22.8 Å². The van der Waals surface area contributed by atoms with E-state index in [1.165, 1.54) is 16.1 Å². The molecule has 2 aromatic heterocycles. The number of fused-ring (bicyclic) bond motifs is 1. The summed E-state index contributed by atoms with van der Waals surface area (Å²) < 4.78 is 4.28. The number of nitrogens with zero attached hydrogens (tertiary/aromatic N) is 5. The Balaban J connectivity index is 0.00000272. The molecule has 0 aliphatic rings. The van der Waals surface area contributed by atoms with Gasteiger partial charge in [-0.3, -0.25) is 4.98 Å². The molecule has 0 aliphatic carbocycles. The zero-order valence-electron chi connectivity index (χ0n) is 19.5. The van der Waals surface area contributed by atoms with Crippen LogP contribution in [-0.2, 0) is 27.2 Å². The fourth-order valence-corrected chi connectivity index (χ4v) is 7.23. The second kappa shape index (κ2) is 8.24. The molecule has 0 spiro atoms. The van der Waals surface area contributed by atoms with Gasteiger partial charge in [0.05, 0.1) is 27.8 Å². The Labute approximate surface area is 200 Å². The van der Waals surface area contributed by atoms with Crippen LogP contribution >= 0.6 is 0 Å². The Morgan fingerprint density at radius 3 is 2.16 bits per heavy atom. The molecule has 0 atom stereocenters. The minimum Gasteiger partial charge on any atom is -0.371 e. The van der Waals surface area contributed by atoms with Gasteiger partial charge in [0, 0.05) is 38.4 Å². The predicted octanol–water partition coefficient (Wildman–Crippen LogP) is 4.02. The standard InChI is InChI=1S/C23H30N5Si2.Ir/c1-16-25-18-14-17(12-13-19(18)27(16)2)23-26-24-15-28(23)22-20(29(3,4)5)10-9-11-21(22)30(6,7)8;/h9-11,13-15H,1-8H3;/q-1;. The molecule has 31 heavy (non-hydrogen) atoms. The van der Waals surface area contributed by atoms with Crippen LogP contribution in [0.5, 0.6) is 0 Å². The van der Waals surface area contributed by atoms with Crippen molar-refractivity contribution in [2.45, 2.75) is 46.2 Å². The zero-order chi connectivity index (χ0) is 21.8. The van der Waals surface area contributed by atoms with Crippen LogP contribution in [0.1, 0.15) is 5.82 Å². The molecule has 8 heteroatoms. The molecule has 165 valence electrons. The minimum absolute atomic E-state index is 0. The molecule has 0 N–H and O–H groups in total. The van der Waals surface area contributed by atoms with Gasteiger partial charge in [-0.1, -0.05) is 57.5 Å². The summed E-state index contributed by atoms with van der Waals surface area (Å²) in [5.74, 6) is 1.81. The van der Waals surface area contributed by atoms with E-state index in [0.717, 1.165) is 28.2 Å². The fraction of sp³-hybridized carbons (Fsp3) is 0.348. The molecule has 0 fully saturated rings. The quantitative estimate of drug-likeness (QED) is 0.255. The predicted molar refractivity (Wildman–Crippen MR) is 131 cm³/mol. The molecule has 0 bridgehead atoms. The van der Waals surface area contributed by atoms with Crippen molar-refractivity contribution in [2.75, 3.05) is 0 Å². The van der Waals surface area contributed by atoms with E-state index < -0.39 is 16.1 Å². The van der Waals surface area contributed by atoms with Crippen LogP contribution in [-0.4, -0.2) is 40.5 Å². The van der Waals surface area contributed by atoms with Crippen LogP contribution in [0.15, 0.2) is 36.7 Å². The van der Waals surface area contributed by atoms with Crippen LogP contribution in [0.4, 0.5) is 0 Å². The zero-order valence-corrected chi connectivity index (χ0v) is 23.9. The topological polar surface area (TPSA) is 48.5 Å². The average Bonchev–Trinajstić information content (AvgIpc) is 3.24. The van der Waals surface area contributed by atoms with E-state index in [0.29, 0.717) is 0 Å². The second-order valence-electron chi connectivity index (χ2n) is 10.1. The van der Waals surface area contributed by atoms with Gasteiger partial charge in [0.1, 0.15) is 6.33 Å². The van der Waals surface area contributed by atoms with Crippen LogP contribution < -0.4 is 10.4 Å². The monoisotopic (exact) mass is 625 g/mol. The number of para-hydroxylation sites is 1. The van der Waals surface area contributed by atoms with Crippen molar-refractivity contribution < 1.29 is 20.1 Å². The first kappa shape index (κ1) is 23.8. The van der Waals surface area contributed by atoms with E-state index in [1.54, 1.807) is 0 Å². The molecule has 0 aliphatic heterocycles. The van der Waals surface area contributed by atoms with E-state index in [2.05, 4.69) is 88.9 Å². The largest absolute Gasteiger partial charge is 0.371 e. The second-order valence-corrected chi connectivity index (χ2v) is 20.1. The normalized spacial score (nSPS) is 12.3. The maximum absolute atomic E-state index is 4.70. The first-order chi connectivity index (χ1) is 14.0. The smallest absolute Gasteiger partial charge is 0.114 e. The van der Waals surface area contributed by atoms with Gasteiger partial charge >= 0.3 is 0 Å². The van der Waals surface area contributed by atoms with Crippen molar-refractivity contribution in [1.82, 2.24) is 24.3 Å². The SMILES string of the molecule is Cc1nc2cc(-c3nncn3-c3c([Si](C)(C)C)cccc3[Si](C)(C)C)[c-]cc2n1C.[Ir]. The summed E-state index contributed by atoms with van der Waals surface area (Å²) >= 11 is 0. The number of rotatable bonds is 4. The van der Waals surface area contributed by atoms with Gasteiger partial charge in [-0.15, -0.1) is 28.9 Å². The van der Waals surface area contributed by atoms with E-state index in [9.17, 15) is 0 Å². The van der Waals surface area contributed by atoms with Crippen LogP contribution in [0.2, 0.25) is 39.3 Å². The fourth-order valence-electron chi connectivity index (χ4n) is 3.98. The summed E-state index contributed by atoms with van der Waals surface area (Å²) in [5, 5.41) is 11.7.